The number of carbonyl (C=O) groups excluding carboxylic acids is 1. The molecule has 39 heavy (non-hydrogen) atoms. The number of benzene rings is 2. The van der Waals surface area contributed by atoms with Crippen LogP contribution in [0.5, 0.6) is 0 Å². The molecule has 2 aliphatic carbocycles. The van der Waals surface area contributed by atoms with Crippen molar-refractivity contribution in [3.05, 3.63) is 69.9 Å². The SMILES string of the molecule is CCS(=O)c1ccc(N(CC(=O)Nc2cc(Cl)c(C3(c4ncc(C5CC5)o4)CC3)c(Cl)c2)CC(F)(F)F)cc1. The molecule has 208 valence electrons. The van der Waals surface area contributed by atoms with Gasteiger partial charge in [0.05, 0.1) is 29.0 Å². The van der Waals surface area contributed by atoms with Gasteiger partial charge in [0.2, 0.25) is 11.8 Å². The van der Waals surface area contributed by atoms with E-state index in [1.165, 1.54) is 36.4 Å². The van der Waals surface area contributed by atoms with Crippen molar-refractivity contribution in [2.24, 2.45) is 0 Å². The minimum atomic E-state index is -4.54. The second-order valence-electron chi connectivity index (χ2n) is 9.89. The molecular weight excluding hydrogens is 574 g/mol. The zero-order chi connectivity index (χ0) is 27.9. The Hall–Kier alpha value is -2.56. The molecule has 2 aromatic carbocycles. The minimum Gasteiger partial charge on any atom is -0.444 e. The summed E-state index contributed by atoms with van der Waals surface area (Å²) in [6.07, 6.45) is 0.913. The van der Waals surface area contributed by atoms with Crippen LogP contribution in [0.3, 0.4) is 0 Å². The fourth-order valence-electron chi connectivity index (χ4n) is 4.67. The van der Waals surface area contributed by atoms with Gasteiger partial charge in [-0.25, -0.2) is 4.98 Å². The molecule has 0 radical (unpaired) electrons. The molecule has 1 aromatic heterocycles. The molecule has 2 saturated carbocycles. The van der Waals surface area contributed by atoms with Crippen molar-refractivity contribution in [3.8, 4) is 0 Å². The van der Waals surface area contributed by atoms with Gasteiger partial charge in [-0.2, -0.15) is 13.2 Å². The van der Waals surface area contributed by atoms with Gasteiger partial charge in [-0.05, 0) is 62.1 Å². The lowest BCUT2D eigenvalue weighted by Crippen LogP contribution is -2.39. The van der Waals surface area contributed by atoms with Gasteiger partial charge < -0.3 is 14.6 Å². The summed E-state index contributed by atoms with van der Waals surface area (Å²) < 4.78 is 58.0. The number of alkyl halides is 3. The van der Waals surface area contributed by atoms with Crippen molar-refractivity contribution >= 4 is 51.3 Å². The second kappa shape index (κ2) is 10.8. The van der Waals surface area contributed by atoms with Crippen LogP contribution in [0.2, 0.25) is 10.0 Å². The maximum Gasteiger partial charge on any atom is 0.405 e. The number of oxazole rings is 1. The molecule has 0 bridgehead atoms. The Balaban J connectivity index is 1.32. The van der Waals surface area contributed by atoms with E-state index >= 15 is 0 Å². The first kappa shape index (κ1) is 28.0. The highest BCUT2D eigenvalue weighted by Crippen LogP contribution is 2.58. The monoisotopic (exact) mass is 599 g/mol. The van der Waals surface area contributed by atoms with Crippen LogP contribution in [0, 0.1) is 0 Å². The predicted octanol–water partition coefficient (Wildman–Crippen LogP) is 7.07. The first-order chi connectivity index (χ1) is 18.5. The van der Waals surface area contributed by atoms with E-state index in [0.29, 0.717) is 38.1 Å². The Morgan fingerprint density at radius 3 is 2.36 bits per heavy atom. The summed E-state index contributed by atoms with van der Waals surface area (Å²) in [5.41, 5.74) is 0.580. The predicted molar refractivity (Wildman–Crippen MR) is 145 cm³/mol. The van der Waals surface area contributed by atoms with Gasteiger partial charge in [-0.1, -0.05) is 30.1 Å². The quantitative estimate of drug-likeness (QED) is 0.270. The molecule has 1 atom stereocenters. The minimum absolute atomic E-state index is 0.179. The van der Waals surface area contributed by atoms with Gasteiger partial charge in [-0.15, -0.1) is 0 Å². The molecule has 0 saturated heterocycles. The highest BCUT2D eigenvalue weighted by Gasteiger charge is 2.53. The van der Waals surface area contributed by atoms with Crippen molar-refractivity contribution in [1.29, 1.82) is 0 Å². The van der Waals surface area contributed by atoms with Crippen LogP contribution in [0.1, 0.15) is 55.7 Å². The van der Waals surface area contributed by atoms with E-state index in [0.717, 1.165) is 36.3 Å². The van der Waals surface area contributed by atoms with E-state index in [-0.39, 0.29) is 11.4 Å². The number of nitrogens with zero attached hydrogens (tertiary/aromatic N) is 2. The van der Waals surface area contributed by atoms with E-state index in [1.54, 1.807) is 13.1 Å². The third-order valence-corrected chi connectivity index (χ3v) is 8.82. The van der Waals surface area contributed by atoms with Crippen molar-refractivity contribution in [3.63, 3.8) is 0 Å². The molecule has 2 fully saturated rings. The van der Waals surface area contributed by atoms with E-state index in [4.69, 9.17) is 27.6 Å². The molecule has 6 nitrogen and oxygen atoms in total. The topological polar surface area (TPSA) is 75.4 Å². The summed E-state index contributed by atoms with van der Waals surface area (Å²) in [5.74, 6) is 1.56. The number of hydrogen-bond acceptors (Lipinski definition) is 5. The van der Waals surface area contributed by atoms with Crippen LogP contribution in [0.25, 0.3) is 0 Å². The first-order valence-electron chi connectivity index (χ1n) is 12.5. The Morgan fingerprint density at radius 2 is 1.82 bits per heavy atom. The molecule has 3 aromatic rings. The van der Waals surface area contributed by atoms with Crippen molar-refractivity contribution < 1.29 is 26.6 Å². The molecule has 0 spiro atoms. The summed E-state index contributed by atoms with van der Waals surface area (Å²) in [6, 6.07) is 8.93. The van der Waals surface area contributed by atoms with E-state index in [2.05, 4.69) is 10.3 Å². The van der Waals surface area contributed by atoms with Crippen LogP contribution >= 0.6 is 23.2 Å². The van der Waals surface area contributed by atoms with Crippen LogP contribution in [0.4, 0.5) is 24.5 Å². The number of nitrogens with one attached hydrogen (secondary N) is 1. The zero-order valence-electron chi connectivity index (χ0n) is 21.0. The molecule has 1 heterocycles. The number of carbonyl (C=O) groups is 1. The fourth-order valence-corrected chi connectivity index (χ4v) is 6.29. The molecule has 2 aliphatic rings. The first-order valence-corrected chi connectivity index (χ1v) is 14.6. The van der Waals surface area contributed by atoms with E-state index in [9.17, 15) is 22.2 Å². The second-order valence-corrected chi connectivity index (χ2v) is 12.4. The summed E-state index contributed by atoms with van der Waals surface area (Å²) >= 11 is 13.3. The van der Waals surface area contributed by atoms with E-state index in [1.807, 2.05) is 0 Å². The van der Waals surface area contributed by atoms with Crippen LogP contribution in [-0.2, 0) is 21.0 Å². The fraction of sp³-hybridized carbons (Fsp3) is 0.407. The van der Waals surface area contributed by atoms with Gasteiger partial charge in [-0.3, -0.25) is 9.00 Å². The number of rotatable bonds is 10. The summed E-state index contributed by atoms with van der Waals surface area (Å²) in [4.78, 5) is 18.7. The molecule has 0 aliphatic heterocycles. The maximum atomic E-state index is 13.3. The normalized spacial score (nSPS) is 17.1. The Labute approximate surface area is 236 Å². The van der Waals surface area contributed by atoms with Crippen LogP contribution in [-0.4, -0.2) is 40.1 Å². The zero-order valence-corrected chi connectivity index (χ0v) is 23.3. The summed E-state index contributed by atoms with van der Waals surface area (Å²) in [6.45, 7) is -0.159. The highest BCUT2D eigenvalue weighted by molar-refractivity contribution is 7.85. The van der Waals surface area contributed by atoms with Crippen molar-refractivity contribution in [2.75, 3.05) is 29.1 Å². The lowest BCUT2D eigenvalue weighted by molar-refractivity contribution is -0.122. The van der Waals surface area contributed by atoms with Crippen LogP contribution in [0.15, 0.2) is 51.9 Å². The maximum absolute atomic E-state index is 13.3. The smallest absolute Gasteiger partial charge is 0.405 e. The Morgan fingerprint density at radius 1 is 1.18 bits per heavy atom. The summed E-state index contributed by atoms with van der Waals surface area (Å²) in [7, 11) is -1.24. The van der Waals surface area contributed by atoms with Gasteiger partial charge in [0.15, 0.2) is 0 Å². The lowest BCUT2D eigenvalue weighted by Gasteiger charge is -2.25. The van der Waals surface area contributed by atoms with E-state index < -0.39 is 41.4 Å². The molecule has 1 unspecified atom stereocenters. The van der Waals surface area contributed by atoms with Gasteiger partial charge in [0.25, 0.3) is 0 Å². The van der Waals surface area contributed by atoms with Crippen LogP contribution < -0.4 is 10.2 Å². The molecule has 5 rings (SSSR count). The highest BCUT2D eigenvalue weighted by atomic mass is 35.5. The van der Waals surface area contributed by atoms with Gasteiger partial charge in [0.1, 0.15) is 12.3 Å². The number of hydrogen-bond donors (Lipinski definition) is 1. The van der Waals surface area contributed by atoms with Gasteiger partial charge in [0, 0.05) is 43.5 Å². The molecule has 12 heteroatoms. The standard InChI is InChI=1S/C27H26Cl2F3N3O3S/c1-2-39(37)19-7-5-18(6-8-19)35(15-27(30,31)32)14-23(36)34-17-11-20(28)24(21(29)12-17)26(9-10-26)25-33-13-22(38-25)16-3-4-16/h5-8,11-13,16H,2-4,9-10,14-15H2,1H3,(H,34,36). The van der Waals surface area contributed by atoms with Crippen molar-refractivity contribution in [2.45, 2.75) is 55.0 Å². The average molecular weight is 600 g/mol. The molecular formula is C27H26Cl2F3N3O3S. The number of halogens is 5. The number of anilines is 2. The number of aromatic nitrogens is 1. The Bertz CT molecular complexity index is 1380. The lowest BCUT2D eigenvalue weighted by atomic mass is 9.95. The third kappa shape index (κ3) is 6.28. The average Bonchev–Trinajstić information content (AvgIpc) is 3.81. The molecule has 1 amide bonds. The van der Waals surface area contributed by atoms with Gasteiger partial charge >= 0.3 is 6.18 Å². The van der Waals surface area contributed by atoms with Crippen molar-refractivity contribution in [1.82, 2.24) is 4.98 Å². The summed E-state index contributed by atoms with van der Waals surface area (Å²) in [5, 5.41) is 3.24. The Kier molecular flexibility index (Phi) is 7.74. The molecule has 1 N–H and O–H groups in total. The third-order valence-electron chi connectivity index (χ3n) is 6.90. The largest absolute Gasteiger partial charge is 0.444 e. The number of amides is 1.